The summed E-state index contributed by atoms with van der Waals surface area (Å²) in [5.41, 5.74) is 0.888. The normalized spacial score (nSPS) is 30.7. The van der Waals surface area contributed by atoms with Gasteiger partial charge in [0, 0.05) is 26.2 Å². The van der Waals surface area contributed by atoms with Gasteiger partial charge in [-0.15, -0.1) is 0 Å². The van der Waals surface area contributed by atoms with Crippen molar-refractivity contribution in [2.24, 2.45) is 5.92 Å². The summed E-state index contributed by atoms with van der Waals surface area (Å²) in [5, 5.41) is 5.91. The number of rotatable bonds is 3. The van der Waals surface area contributed by atoms with Crippen LogP contribution in [-0.4, -0.2) is 74.6 Å². The second-order valence-corrected chi connectivity index (χ2v) is 7.33. The van der Waals surface area contributed by atoms with E-state index in [2.05, 4.69) is 27.4 Å². The van der Waals surface area contributed by atoms with E-state index in [4.69, 9.17) is 9.47 Å². The van der Waals surface area contributed by atoms with Gasteiger partial charge in [0.1, 0.15) is 30.0 Å². The van der Waals surface area contributed by atoms with Crippen molar-refractivity contribution >= 4 is 17.6 Å². The van der Waals surface area contributed by atoms with E-state index in [1.807, 2.05) is 18.2 Å². The highest BCUT2D eigenvalue weighted by Crippen LogP contribution is 2.38. The van der Waals surface area contributed by atoms with Crippen LogP contribution in [0.5, 0.6) is 11.5 Å². The molecule has 3 saturated heterocycles. The molecule has 0 spiro atoms. The minimum absolute atomic E-state index is 0.226. The van der Waals surface area contributed by atoms with Crippen LogP contribution >= 0.6 is 0 Å². The Balaban J connectivity index is 1.74. The molecule has 2 N–H and O–H groups in total. The van der Waals surface area contributed by atoms with Gasteiger partial charge in [-0.1, -0.05) is 6.92 Å². The van der Waals surface area contributed by atoms with Crippen molar-refractivity contribution < 1.29 is 19.1 Å². The third kappa shape index (κ3) is 2.78. The number of methoxy groups -OCH3 is 2. The van der Waals surface area contributed by atoms with Gasteiger partial charge in [0.15, 0.2) is 0 Å². The molecule has 3 fully saturated rings. The molecule has 3 aliphatic rings. The standard InChI is InChI=1S/C18H25N5O4/c1-10-8-22(12-7-11(26-3)5-6-13(12)27-4)17-19-15-14(23(17)9-10)16(24)20-18(25)21(15)2/h5-7,10,14-15,17,19H,8-9H2,1-4H3,(H,20,24,25). The third-order valence-electron chi connectivity index (χ3n) is 5.55. The van der Waals surface area contributed by atoms with Crippen molar-refractivity contribution in [2.45, 2.75) is 25.4 Å². The van der Waals surface area contributed by atoms with Gasteiger partial charge in [0.2, 0.25) is 5.91 Å². The van der Waals surface area contributed by atoms with Crippen LogP contribution in [0.25, 0.3) is 0 Å². The van der Waals surface area contributed by atoms with Crippen molar-refractivity contribution in [2.75, 3.05) is 39.3 Å². The molecule has 0 bridgehead atoms. The lowest BCUT2D eigenvalue weighted by Crippen LogP contribution is -2.65. The average Bonchev–Trinajstić information content (AvgIpc) is 3.05. The van der Waals surface area contributed by atoms with E-state index in [9.17, 15) is 9.59 Å². The summed E-state index contributed by atoms with van der Waals surface area (Å²) in [4.78, 5) is 30.4. The van der Waals surface area contributed by atoms with Gasteiger partial charge in [-0.25, -0.2) is 4.79 Å². The molecule has 4 atom stereocenters. The molecule has 1 aromatic carbocycles. The number of imide groups is 1. The second kappa shape index (κ2) is 6.58. The smallest absolute Gasteiger partial charge is 0.325 e. The number of benzene rings is 1. The predicted octanol–water partition coefficient (Wildman–Crippen LogP) is 0.225. The second-order valence-electron chi connectivity index (χ2n) is 7.33. The van der Waals surface area contributed by atoms with Gasteiger partial charge in [-0.3, -0.25) is 20.3 Å². The molecular weight excluding hydrogens is 350 g/mol. The van der Waals surface area contributed by atoms with Crippen molar-refractivity contribution in [3.63, 3.8) is 0 Å². The molecule has 0 radical (unpaired) electrons. The maximum atomic E-state index is 12.6. The monoisotopic (exact) mass is 375 g/mol. The molecule has 4 rings (SSSR count). The van der Waals surface area contributed by atoms with E-state index in [1.165, 1.54) is 0 Å². The number of amides is 3. The summed E-state index contributed by atoms with van der Waals surface area (Å²) in [6.45, 7) is 3.70. The number of hydrogen-bond acceptors (Lipinski definition) is 7. The maximum absolute atomic E-state index is 12.6. The van der Waals surface area contributed by atoms with Crippen LogP contribution in [0.4, 0.5) is 10.5 Å². The van der Waals surface area contributed by atoms with Gasteiger partial charge >= 0.3 is 6.03 Å². The highest BCUT2D eigenvalue weighted by atomic mass is 16.5. The Bertz CT molecular complexity index is 772. The number of hydrogen-bond donors (Lipinski definition) is 2. The Morgan fingerprint density at radius 3 is 2.63 bits per heavy atom. The quantitative estimate of drug-likeness (QED) is 0.782. The van der Waals surface area contributed by atoms with Crippen LogP contribution in [0.3, 0.4) is 0 Å². The van der Waals surface area contributed by atoms with E-state index < -0.39 is 6.04 Å². The lowest BCUT2D eigenvalue weighted by molar-refractivity contribution is -0.128. The number of fused-ring (bicyclic) bond motifs is 3. The number of ether oxygens (including phenoxy) is 2. The number of carbonyl (C=O) groups is 2. The number of urea groups is 1. The molecule has 9 nitrogen and oxygen atoms in total. The molecule has 0 aromatic heterocycles. The van der Waals surface area contributed by atoms with E-state index in [-0.39, 0.29) is 24.4 Å². The van der Waals surface area contributed by atoms with E-state index >= 15 is 0 Å². The Kier molecular flexibility index (Phi) is 4.35. The fourth-order valence-corrected chi connectivity index (χ4v) is 4.27. The Morgan fingerprint density at radius 2 is 1.93 bits per heavy atom. The van der Waals surface area contributed by atoms with E-state index in [0.29, 0.717) is 5.92 Å². The van der Waals surface area contributed by atoms with Crippen molar-refractivity contribution in [3.05, 3.63) is 18.2 Å². The highest BCUT2D eigenvalue weighted by Gasteiger charge is 2.54. The van der Waals surface area contributed by atoms with Crippen LogP contribution in [-0.2, 0) is 4.79 Å². The SMILES string of the molecule is COc1ccc(OC)c(N2CC(C)CN3C4C(=O)NC(=O)N(C)C4NC23)c1. The summed E-state index contributed by atoms with van der Waals surface area (Å²) in [6, 6.07) is 4.86. The van der Waals surface area contributed by atoms with Crippen molar-refractivity contribution in [1.29, 1.82) is 0 Å². The molecule has 9 heteroatoms. The van der Waals surface area contributed by atoms with Crippen LogP contribution in [0.2, 0.25) is 0 Å². The Hall–Kier alpha value is -2.52. The van der Waals surface area contributed by atoms with Gasteiger partial charge in [0.05, 0.1) is 19.9 Å². The number of nitrogens with one attached hydrogen (secondary N) is 2. The summed E-state index contributed by atoms with van der Waals surface area (Å²) in [7, 11) is 4.97. The first-order chi connectivity index (χ1) is 12.9. The summed E-state index contributed by atoms with van der Waals surface area (Å²) in [6.07, 6.45) is -0.600. The van der Waals surface area contributed by atoms with Gasteiger partial charge in [-0.05, 0) is 18.1 Å². The summed E-state index contributed by atoms with van der Waals surface area (Å²) in [5.74, 6) is 1.53. The summed E-state index contributed by atoms with van der Waals surface area (Å²) < 4.78 is 11.0. The lowest BCUT2D eigenvalue weighted by Gasteiger charge is -2.45. The van der Waals surface area contributed by atoms with Crippen LogP contribution in [0.1, 0.15) is 6.92 Å². The van der Waals surface area contributed by atoms with Crippen molar-refractivity contribution in [1.82, 2.24) is 20.4 Å². The molecular formula is C18H25N5O4. The van der Waals surface area contributed by atoms with Crippen LogP contribution < -0.4 is 25.0 Å². The van der Waals surface area contributed by atoms with Crippen LogP contribution in [0.15, 0.2) is 18.2 Å². The fourth-order valence-electron chi connectivity index (χ4n) is 4.27. The number of nitrogens with zero attached hydrogens (tertiary/aromatic N) is 3. The Morgan fingerprint density at radius 1 is 1.15 bits per heavy atom. The summed E-state index contributed by atoms with van der Waals surface area (Å²) >= 11 is 0. The molecule has 146 valence electrons. The van der Waals surface area contributed by atoms with E-state index in [1.54, 1.807) is 26.2 Å². The number of anilines is 1. The van der Waals surface area contributed by atoms with Gasteiger partial charge in [0.25, 0.3) is 0 Å². The minimum atomic E-state index is -0.431. The van der Waals surface area contributed by atoms with Gasteiger partial charge < -0.3 is 19.3 Å². The number of likely N-dealkylation sites (N-methyl/N-ethyl adjacent to an activating group) is 1. The largest absolute Gasteiger partial charge is 0.497 e. The maximum Gasteiger partial charge on any atom is 0.325 e. The van der Waals surface area contributed by atoms with Crippen molar-refractivity contribution in [3.8, 4) is 11.5 Å². The number of carbonyl (C=O) groups excluding carboxylic acids is 2. The van der Waals surface area contributed by atoms with Gasteiger partial charge in [-0.2, -0.15) is 0 Å². The molecule has 3 heterocycles. The molecule has 1 aromatic rings. The first-order valence-corrected chi connectivity index (χ1v) is 9.02. The molecule has 0 saturated carbocycles. The molecule has 27 heavy (non-hydrogen) atoms. The van der Waals surface area contributed by atoms with E-state index in [0.717, 1.165) is 30.3 Å². The van der Waals surface area contributed by atoms with Crippen LogP contribution in [0, 0.1) is 5.92 Å². The predicted molar refractivity (Wildman–Crippen MR) is 98.6 cm³/mol. The first-order valence-electron chi connectivity index (χ1n) is 9.02. The zero-order chi connectivity index (χ0) is 19.3. The highest BCUT2D eigenvalue weighted by molar-refractivity contribution is 6.00. The molecule has 3 amide bonds. The fraction of sp³-hybridized carbons (Fsp3) is 0.556. The molecule has 3 aliphatic heterocycles. The zero-order valence-electron chi connectivity index (χ0n) is 15.9. The first kappa shape index (κ1) is 17.9. The average molecular weight is 375 g/mol. The lowest BCUT2D eigenvalue weighted by atomic mass is 10.0. The molecule has 4 unspecified atom stereocenters. The minimum Gasteiger partial charge on any atom is -0.497 e. The Labute approximate surface area is 158 Å². The third-order valence-corrected chi connectivity index (χ3v) is 5.55. The zero-order valence-corrected chi connectivity index (χ0v) is 15.9. The topological polar surface area (TPSA) is 86.4 Å². The molecule has 0 aliphatic carbocycles.